The summed E-state index contributed by atoms with van der Waals surface area (Å²) in [4.78, 5) is 45.6. The number of nitrogens with zero attached hydrogens (tertiary/aromatic N) is 2. The minimum absolute atomic E-state index is 0.00146. The van der Waals surface area contributed by atoms with Crippen molar-refractivity contribution in [2.75, 3.05) is 26.3 Å². The summed E-state index contributed by atoms with van der Waals surface area (Å²) in [5, 5.41) is 9.40. The quantitative estimate of drug-likeness (QED) is 0.234. The second-order valence-corrected chi connectivity index (χ2v) is 13.4. The zero-order valence-electron chi connectivity index (χ0n) is 24.4. The molecule has 38 heavy (non-hydrogen) atoms. The Morgan fingerprint density at radius 3 is 2.42 bits per heavy atom. The van der Waals surface area contributed by atoms with Gasteiger partial charge >= 0.3 is 5.97 Å². The van der Waals surface area contributed by atoms with Crippen molar-refractivity contribution in [3.05, 3.63) is 25.3 Å². The molecule has 0 aromatic carbocycles. The molecular formula is C30H48N2O6. The standard InChI is InChI=1S/C30H48N2O6/c1-10-14-32(28(7,8)19-27(4,5)6)25(35)23-30-18-20(3)29(9,38-30)22(26(36)37-17-11-2)21(30)24(34)31(23)15-12-13-16-33/h10-11,20-23,33H,1-2,12-19H2,3-9H3/t20?,21-,22+,23?,29-,30?/m0/s1. The predicted octanol–water partition coefficient (Wildman–Crippen LogP) is 3.73. The van der Waals surface area contributed by atoms with Crippen molar-refractivity contribution in [3.63, 3.8) is 0 Å². The second kappa shape index (κ2) is 10.8. The molecule has 214 valence electrons. The van der Waals surface area contributed by atoms with Crippen molar-refractivity contribution < 1.29 is 29.0 Å². The number of hydrogen-bond acceptors (Lipinski definition) is 6. The van der Waals surface area contributed by atoms with Crippen LogP contribution in [-0.2, 0) is 23.9 Å². The van der Waals surface area contributed by atoms with Crippen molar-refractivity contribution in [2.45, 2.75) is 96.9 Å². The van der Waals surface area contributed by atoms with E-state index < -0.39 is 40.6 Å². The normalized spacial score (nSPS) is 32.3. The molecule has 8 heteroatoms. The van der Waals surface area contributed by atoms with Crippen molar-refractivity contribution in [3.8, 4) is 0 Å². The number of ether oxygens (including phenoxy) is 2. The fourth-order valence-corrected chi connectivity index (χ4v) is 7.55. The van der Waals surface area contributed by atoms with Gasteiger partial charge in [0.05, 0.1) is 11.5 Å². The van der Waals surface area contributed by atoms with Crippen LogP contribution in [0.15, 0.2) is 25.3 Å². The zero-order chi connectivity index (χ0) is 28.7. The number of aliphatic hydroxyl groups excluding tert-OH is 1. The fraction of sp³-hybridized carbons (Fsp3) is 0.767. The molecule has 0 aromatic heterocycles. The lowest BCUT2D eigenvalue weighted by molar-refractivity contribution is -0.162. The van der Waals surface area contributed by atoms with E-state index in [4.69, 9.17) is 9.47 Å². The molecule has 1 N–H and O–H groups in total. The largest absolute Gasteiger partial charge is 0.461 e. The first kappa shape index (κ1) is 30.4. The SMILES string of the molecule is C=CCOC(=O)[C@H]1[C@H]2C(=O)N(CCCCO)C(C(=O)N(CC=C)C(C)(C)CC(C)(C)C)C23CC(C)[C@]1(C)O3. The van der Waals surface area contributed by atoms with Crippen molar-refractivity contribution >= 4 is 17.8 Å². The number of carbonyl (C=O) groups is 3. The minimum Gasteiger partial charge on any atom is -0.461 e. The Hall–Kier alpha value is -2.19. The van der Waals surface area contributed by atoms with Gasteiger partial charge in [-0.3, -0.25) is 14.4 Å². The molecule has 3 aliphatic heterocycles. The average Bonchev–Trinajstić information content (AvgIpc) is 3.31. The van der Waals surface area contributed by atoms with E-state index in [9.17, 15) is 19.5 Å². The maximum atomic E-state index is 14.7. The van der Waals surface area contributed by atoms with Crippen LogP contribution in [0.1, 0.15) is 74.1 Å². The first-order chi connectivity index (χ1) is 17.6. The van der Waals surface area contributed by atoms with E-state index in [0.717, 1.165) is 6.42 Å². The highest BCUT2D eigenvalue weighted by molar-refractivity contribution is 5.98. The van der Waals surface area contributed by atoms with Gasteiger partial charge in [0.15, 0.2) is 0 Å². The summed E-state index contributed by atoms with van der Waals surface area (Å²) in [5.41, 5.74) is -2.61. The molecule has 3 rings (SSSR count). The Morgan fingerprint density at radius 2 is 1.87 bits per heavy atom. The number of likely N-dealkylation sites (tertiary alicyclic amines) is 1. The van der Waals surface area contributed by atoms with Gasteiger partial charge in [-0.1, -0.05) is 46.4 Å². The van der Waals surface area contributed by atoms with Crippen LogP contribution in [0.4, 0.5) is 0 Å². The van der Waals surface area contributed by atoms with Crippen molar-refractivity contribution in [2.24, 2.45) is 23.2 Å². The Kier molecular flexibility index (Phi) is 8.60. The highest BCUT2D eigenvalue weighted by Crippen LogP contribution is 2.65. The van der Waals surface area contributed by atoms with Crippen molar-refractivity contribution in [1.82, 2.24) is 9.80 Å². The van der Waals surface area contributed by atoms with E-state index in [1.807, 2.05) is 32.6 Å². The Labute approximate surface area is 228 Å². The van der Waals surface area contributed by atoms with Crippen LogP contribution in [0.3, 0.4) is 0 Å². The monoisotopic (exact) mass is 532 g/mol. The smallest absolute Gasteiger partial charge is 0.313 e. The molecule has 3 aliphatic rings. The molecule has 2 amide bonds. The number of fused-ring (bicyclic) bond motifs is 1. The molecule has 0 saturated carbocycles. The number of hydrogen-bond donors (Lipinski definition) is 1. The molecule has 0 aliphatic carbocycles. The summed E-state index contributed by atoms with van der Waals surface area (Å²) < 4.78 is 12.2. The first-order valence-corrected chi connectivity index (χ1v) is 13.9. The number of carbonyl (C=O) groups excluding carboxylic acids is 3. The third kappa shape index (κ3) is 5.06. The van der Waals surface area contributed by atoms with Gasteiger partial charge in [0.2, 0.25) is 11.8 Å². The van der Waals surface area contributed by atoms with Crippen LogP contribution >= 0.6 is 0 Å². The lowest BCUT2D eigenvalue weighted by Crippen LogP contribution is -2.61. The topological polar surface area (TPSA) is 96.4 Å². The van der Waals surface area contributed by atoms with Gasteiger partial charge in [0.25, 0.3) is 0 Å². The van der Waals surface area contributed by atoms with E-state index in [1.165, 1.54) is 6.08 Å². The lowest BCUT2D eigenvalue weighted by Gasteiger charge is -2.45. The zero-order valence-corrected chi connectivity index (χ0v) is 24.4. The highest BCUT2D eigenvalue weighted by Gasteiger charge is 2.80. The van der Waals surface area contributed by atoms with Gasteiger partial charge in [-0.2, -0.15) is 0 Å². The molecule has 6 atom stereocenters. The van der Waals surface area contributed by atoms with Crippen molar-refractivity contribution in [1.29, 1.82) is 0 Å². The predicted molar refractivity (Wildman–Crippen MR) is 146 cm³/mol. The Bertz CT molecular complexity index is 955. The van der Waals surface area contributed by atoms with E-state index in [1.54, 1.807) is 11.0 Å². The van der Waals surface area contributed by atoms with E-state index in [0.29, 0.717) is 32.4 Å². The maximum absolute atomic E-state index is 14.7. The van der Waals surface area contributed by atoms with Gasteiger partial charge in [-0.25, -0.2) is 0 Å². The summed E-state index contributed by atoms with van der Waals surface area (Å²) >= 11 is 0. The lowest BCUT2D eigenvalue weighted by atomic mass is 9.62. The molecule has 3 saturated heterocycles. The summed E-state index contributed by atoms with van der Waals surface area (Å²) in [5.74, 6) is -2.59. The van der Waals surface area contributed by atoms with Crippen LogP contribution in [0.5, 0.6) is 0 Å². The Morgan fingerprint density at radius 1 is 1.21 bits per heavy atom. The van der Waals surface area contributed by atoms with Gasteiger partial charge in [-0.15, -0.1) is 6.58 Å². The molecule has 3 unspecified atom stereocenters. The number of amides is 2. The first-order valence-electron chi connectivity index (χ1n) is 13.9. The minimum atomic E-state index is -1.13. The summed E-state index contributed by atoms with van der Waals surface area (Å²) in [6, 6.07) is -0.876. The van der Waals surface area contributed by atoms with Crippen LogP contribution in [0.2, 0.25) is 0 Å². The van der Waals surface area contributed by atoms with Crippen LogP contribution < -0.4 is 0 Å². The summed E-state index contributed by atoms with van der Waals surface area (Å²) in [6.45, 7) is 22.6. The molecule has 3 fully saturated rings. The van der Waals surface area contributed by atoms with Gasteiger partial charge in [0.1, 0.15) is 24.2 Å². The van der Waals surface area contributed by atoms with Crippen LogP contribution in [0, 0.1) is 23.2 Å². The number of aliphatic hydroxyl groups is 1. The summed E-state index contributed by atoms with van der Waals surface area (Å²) in [7, 11) is 0. The molecule has 0 aromatic rings. The average molecular weight is 533 g/mol. The number of esters is 1. The number of rotatable bonds is 12. The highest BCUT2D eigenvalue weighted by atomic mass is 16.6. The van der Waals surface area contributed by atoms with E-state index >= 15 is 0 Å². The van der Waals surface area contributed by atoms with Gasteiger partial charge in [0, 0.05) is 25.2 Å². The van der Waals surface area contributed by atoms with Crippen LogP contribution in [-0.4, -0.2) is 81.8 Å². The van der Waals surface area contributed by atoms with Crippen LogP contribution in [0.25, 0.3) is 0 Å². The molecule has 2 bridgehead atoms. The Balaban J connectivity index is 2.12. The number of unbranched alkanes of at least 4 members (excludes halogenated alkanes) is 1. The molecule has 1 spiro atoms. The summed E-state index contributed by atoms with van der Waals surface area (Å²) in [6.07, 6.45) is 5.51. The molecular weight excluding hydrogens is 484 g/mol. The third-order valence-corrected chi connectivity index (χ3v) is 8.72. The van der Waals surface area contributed by atoms with Gasteiger partial charge in [-0.05, 0) is 57.8 Å². The van der Waals surface area contributed by atoms with E-state index in [-0.39, 0.29) is 36.4 Å². The molecule has 3 heterocycles. The fourth-order valence-electron chi connectivity index (χ4n) is 7.55. The molecule has 8 nitrogen and oxygen atoms in total. The van der Waals surface area contributed by atoms with E-state index in [2.05, 4.69) is 33.9 Å². The second-order valence-electron chi connectivity index (χ2n) is 13.4. The third-order valence-electron chi connectivity index (χ3n) is 8.72. The molecule has 0 radical (unpaired) electrons. The van der Waals surface area contributed by atoms with Gasteiger partial charge < -0.3 is 24.4 Å². The maximum Gasteiger partial charge on any atom is 0.313 e.